The number of nitrogens with one attached hydrogen (secondary N) is 1. The summed E-state index contributed by atoms with van der Waals surface area (Å²) in [7, 11) is 0. The Hall–Kier alpha value is -2.42. The monoisotopic (exact) mass is 319 g/mol. The zero-order chi connectivity index (χ0) is 16.9. The molecule has 0 radical (unpaired) electrons. The summed E-state index contributed by atoms with van der Waals surface area (Å²) in [6, 6.07) is 14.4. The number of fused-ring (bicyclic) bond motifs is 1. The highest BCUT2D eigenvalue weighted by atomic mass is 16.2. The lowest BCUT2D eigenvalue weighted by atomic mass is 9.70. The molecule has 0 saturated heterocycles. The maximum atomic E-state index is 12.8. The Kier molecular flexibility index (Phi) is 3.34. The number of carbonyl (C=O) groups is 2. The molecule has 2 aromatic rings. The van der Waals surface area contributed by atoms with Gasteiger partial charge in [-0.1, -0.05) is 56.3 Å². The molecule has 122 valence electrons. The number of rotatable bonds is 1. The van der Waals surface area contributed by atoms with Crippen LogP contribution in [-0.2, 0) is 9.59 Å². The Morgan fingerprint density at radius 1 is 1.00 bits per heavy atom. The van der Waals surface area contributed by atoms with Gasteiger partial charge in [0.15, 0.2) is 5.78 Å². The van der Waals surface area contributed by atoms with Gasteiger partial charge in [-0.15, -0.1) is 0 Å². The second-order valence-electron chi connectivity index (χ2n) is 7.74. The molecule has 2 aromatic carbocycles. The Balaban J connectivity index is 1.83. The highest BCUT2D eigenvalue weighted by Gasteiger charge is 2.40. The van der Waals surface area contributed by atoms with Gasteiger partial charge < -0.3 is 5.32 Å². The van der Waals surface area contributed by atoms with E-state index in [1.54, 1.807) is 0 Å². The second kappa shape index (κ2) is 5.30. The molecule has 0 bridgehead atoms. The molecular formula is C21H21NO2. The number of amides is 1. The lowest BCUT2D eigenvalue weighted by Crippen LogP contribution is -2.40. The molecule has 1 aliphatic heterocycles. The number of hydrogen-bond donors (Lipinski definition) is 1. The average Bonchev–Trinajstić information content (AvgIpc) is 2.52. The van der Waals surface area contributed by atoms with Gasteiger partial charge in [-0.2, -0.15) is 0 Å². The fourth-order valence-electron chi connectivity index (χ4n) is 4.07. The lowest BCUT2D eigenvalue weighted by molar-refractivity contribution is -0.122. The molecule has 1 atom stereocenters. The molecule has 1 amide bonds. The summed E-state index contributed by atoms with van der Waals surface area (Å²) in [4.78, 5) is 25.0. The van der Waals surface area contributed by atoms with Crippen LogP contribution >= 0.6 is 0 Å². The van der Waals surface area contributed by atoms with Gasteiger partial charge in [0.1, 0.15) is 0 Å². The number of benzene rings is 2. The van der Waals surface area contributed by atoms with Crippen molar-refractivity contribution in [3.63, 3.8) is 0 Å². The van der Waals surface area contributed by atoms with Crippen molar-refractivity contribution in [2.75, 3.05) is 0 Å². The van der Waals surface area contributed by atoms with Gasteiger partial charge in [0.05, 0.1) is 0 Å². The summed E-state index contributed by atoms with van der Waals surface area (Å²) in [5, 5.41) is 5.28. The summed E-state index contributed by atoms with van der Waals surface area (Å²) in [6.07, 6.45) is 1.65. The van der Waals surface area contributed by atoms with Crippen LogP contribution in [0, 0.1) is 5.41 Å². The van der Waals surface area contributed by atoms with E-state index in [2.05, 4.69) is 49.5 Å². The molecule has 0 unspecified atom stereocenters. The van der Waals surface area contributed by atoms with Crippen molar-refractivity contribution in [2.24, 2.45) is 5.41 Å². The molecule has 2 aliphatic rings. The highest BCUT2D eigenvalue weighted by molar-refractivity contribution is 6.02. The van der Waals surface area contributed by atoms with E-state index in [0.29, 0.717) is 12.8 Å². The van der Waals surface area contributed by atoms with Crippen LogP contribution in [-0.4, -0.2) is 11.7 Å². The third-order valence-electron chi connectivity index (χ3n) is 5.12. The van der Waals surface area contributed by atoms with Gasteiger partial charge in [-0.05, 0) is 28.2 Å². The van der Waals surface area contributed by atoms with Crippen LogP contribution in [0.1, 0.15) is 44.6 Å². The van der Waals surface area contributed by atoms with Crippen molar-refractivity contribution < 1.29 is 9.59 Å². The van der Waals surface area contributed by atoms with E-state index < -0.39 is 0 Å². The Bertz CT molecular complexity index is 892. The van der Waals surface area contributed by atoms with Gasteiger partial charge in [-0.25, -0.2) is 0 Å². The minimum atomic E-state index is -0.123. The Morgan fingerprint density at radius 3 is 2.54 bits per heavy atom. The number of hydrogen-bond acceptors (Lipinski definition) is 2. The number of ketones is 1. The first-order chi connectivity index (χ1) is 11.4. The van der Waals surface area contributed by atoms with Gasteiger partial charge in [0.2, 0.25) is 5.91 Å². The predicted octanol–water partition coefficient (Wildman–Crippen LogP) is 4.09. The summed E-state index contributed by atoms with van der Waals surface area (Å²) in [5.74, 6) is 0.0683. The zero-order valence-electron chi connectivity index (χ0n) is 14.1. The van der Waals surface area contributed by atoms with Crippen LogP contribution in [0.5, 0.6) is 0 Å². The maximum Gasteiger partial charge on any atom is 0.225 e. The molecule has 0 saturated carbocycles. The summed E-state index contributed by atoms with van der Waals surface area (Å²) in [6.45, 7) is 4.17. The summed E-state index contributed by atoms with van der Waals surface area (Å²) >= 11 is 0. The van der Waals surface area contributed by atoms with Crippen LogP contribution in [0.15, 0.2) is 53.7 Å². The summed E-state index contributed by atoms with van der Waals surface area (Å²) < 4.78 is 0. The van der Waals surface area contributed by atoms with E-state index in [1.165, 1.54) is 5.39 Å². The van der Waals surface area contributed by atoms with Crippen LogP contribution in [0.4, 0.5) is 0 Å². The first kappa shape index (κ1) is 15.1. The normalized spacial score (nSPS) is 23.2. The topological polar surface area (TPSA) is 46.2 Å². The van der Waals surface area contributed by atoms with E-state index in [1.807, 2.05) is 12.1 Å². The fraction of sp³-hybridized carbons (Fsp3) is 0.333. The molecule has 1 N–H and O–H groups in total. The summed E-state index contributed by atoms with van der Waals surface area (Å²) in [5.41, 5.74) is 2.63. The SMILES string of the molecule is CC1(C)CC(=O)C2=C(C1)NC(=O)C[C@H]2c1ccc2ccccc2c1. The fourth-order valence-corrected chi connectivity index (χ4v) is 4.07. The number of Topliss-reactive ketones (excluding diaryl/α,β-unsaturated/α-hetero) is 1. The largest absolute Gasteiger partial charge is 0.329 e. The quantitative estimate of drug-likeness (QED) is 0.860. The van der Waals surface area contributed by atoms with E-state index in [4.69, 9.17) is 0 Å². The molecule has 0 fully saturated rings. The molecule has 3 heteroatoms. The number of allylic oxidation sites excluding steroid dienone is 2. The second-order valence-corrected chi connectivity index (χ2v) is 7.74. The van der Waals surface area contributed by atoms with Crippen molar-refractivity contribution in [1.82, 2.24) is 5.32 Å². The molecule has 0 aromatic heterocycles. The van der Waals surface area contributed by atoms with Gasteiger partial charge in [-0.3, -0.25) is 9.59 Å². The molecule has 24 heavy (non-hydrogen) atoms. The molecular weight excluding hydrogens is 298 g/mol. The Morgan fingerprint density at radius 2 is 1.75 bits per heavy atom. The van der Waals surface area contributed by atoms with Crippen LogP contribution in [0.25, 0.3) is 10.8 Å². The maximum absolute atomic E-state index is 12.8. The van der Waals surface area contributed by atoms with E-state index in [0.717, 1.165) is 28.6 Å². The predicted molar refractivity (Wildman–Crippen MR) is 94.5 cm³/mol. The molecule has 3 nitrogen and oxygen atoms in total. The average molecular weight is 319 g/mol. The van der Waals surface area contributed by atoms with E-state index in [-0.39, 0.29) is 23.0 Å². The van der Waals surface area contributed by atoms with Crippen LogP contribution in [0.3, 0.4) is 0 Å². The Labute approximate surface area is 141 Å². The smallest absolute Gasteiger partial charge is 0.225 e. The third kappa shape index (κ3) is 2.54. The van der Waals surface area contributed by atoms with Gasteiger partial charge in [0, 0.05) is 30.0 Å². The van der Waals surface area contributed by atoms with Crippen LogP contribution < -0.4 is 5.32 Å². The lowest BCUT2D eigenvalue weighted by Gasteiger charge is -2.37. The van der Waals surface area contributed by atoms with Crippen molar-refractivity contribution in [1.29, 1.82) is 0 Å². The minimum Gasteiger partial charge on any atom is -0.329 e. The van der Waals surface area contributed by atoms with Crippen molar-refractivity contribution in [3.05, 3.63) is 59.3 Å². The van der Waals surface area contributed by atoms with Crippen molar-refractivity contribution >= 4 is 22.5 Å². The van der Waals surface area contributed by atoms with Crippen molar-refractivity contribution in [2.45, 2.75) is 39.0 Å². The van der Waals surface area contributed by atoms with E-state index in [9.17, 15) is 9.59 Å². The molecule has 4 rings (SSSR count). The standard InChI is InChI=1S/C21H21NO2/c1-21(2)11-17-20(18(23)12-21)16(10-19(24)22-17)15-8-7-13-5-3-4-6-14(13)9-15/h3-9,16H,10-12H2,1-2H3,(H,22,24)/t16-/m0/s1. The van der Waals surface area contributed by atoms with Crippen LogP contribution in [0.2, 0.25) is 0 Å². The molecule has 0 spiro atoms. The molecule has 1 aliphatic carbocycles. The first-order valence-electron chi connectivity index (χ1n) is 8.48. The van der Waals surface area contributed by atoms with E-state index >= 15 is 0 Å². The zero-order valence-corrected chi connectivity index (χ0v) is 14.1. The molecule has 1 heterocycles. The third-order valence-corrected chi connectivity index (χ3v) is 5.12. The van der Waals surface area contributed by atoms with Gasteiger partial charge in [0.25, 0.3) is 0 Å². The minimum absolute atomic E-state index is 0.0115. The first-order valence-corrected chi connectivity index (χ1v) is 8.48. The highest BCUT2D eigenvalue weighted by Crippen LogP contribution is 2.44. The van der Waals surface area contributed by atoms with Gasteiger partial charge >= 0.3 is 0 Å². The number of carbonyl (C=O) groups excluding carboxylic acids is 2. The van der Waals surface area contributed by atoms with Crippen molar-refractivity contribution in [3.8, 4) is 0 Å².